The van der Waals surface area contributed by atoms with Crippen molar-refractivity contribution in [2.45, 2.75) is 50.4 Å². The van der Waals surface area contributed by atoms with E-state index in [9.17, 15) is 14.7 Å². The van der Waals surface area contributed by atoms with Crippen LogP contribution < -0.4 is 26.8 Å². The van der Waals surface area contributed by atoms with Gasteiger partial charge in [0.25, 0.3) is 0 Å². The number of nitrogens with one attached hydrogen (secondary N) is 3. The van der Waals surface area contributed by atoms with Gasteiger partial charge in [0.2, 0.25) is 11.8 Å². The number of rotatable bonds is 10. The Morgan fingerprint density at radius 1 is 1.11 bits per heavy atom. The van der Waals surface area contributed by atoms with Crippen molar-refractivity contribution >= 4 is 17.8 Å². The lowest BCUT2D eigenvalue weighted by atomic mass is 9.98. The summed E-state index contributed by atoms with van der Waals surface area (Å²) in [5, 5.41) is 24.2. The minimum Gasteiger partial charge on any atom is -0.494 e. The summed E-state index contributed by atoms with van der Waals surface area (Å²) in [6.45, 7) is 3.56. The number of hydrogen-bond donors (Lipinski definition) is 6. The zero-order chi connectivity index (χ0) is 26.1. The van der Waals surface area contributed by atoms with Crippen LogP contribution in [0.2, 0.25) is 0 Å². The molecule has 36 heavy (non-hydrogen) atoms. The Morgan fingerprint density at radius 3 is 2.33 bits per heavy atom. The predicted molar refractivity (Wildman–Crippen MR) is 137 cm³/mol. The Bertz CT molecular complexity index is 1010. The highest BCUT2D eigenvalue weighted by Crippen LogP contribution is 2.19. The zero-order valence-corrected chi connectivity index (χ0v) is 20.5. The van der Waals surface area contributed by atoms with Crippen LogP contribution in [0, 0.1) is 5.41 Å². The minimum absolute atomic E-state index is 0.00549. The predicted octanol–water partition coefficient (Wildman–Crippen LogP) is 0.648. The van der Waals surface area contributed by atoms with Crippen molar-refractivity contribution in [1.82, 2.24) is 15.5 Å². The van der Waals surface area contributed by atoms with Gasteiger partial charge in [0.15, 0.2) is 5.96 Å². The van der Waals surface area contributed by atoms with Crippen LogP contribution in [0.25, 0.3) is 0 Å². The third-order valence-corrected chi connectivity index (χ3v) is 6.25. The normalized spacial score (nSPS) is 16.5. The lowest BCUT2D eigenvalue weighted by Crippen LogP contribution is -2.57. The van der Waals surface area contributed by atoms with Crippen molar-refractivity contribution in [3.63, 3.8) is 0 Å². The van der Waals surface area contributed by atoms with Gasteiger partial charge in [0, 0.05) is 19.1 Å². The van der Waals surface area contributed by atoms with Gasteiger partial charge in [-0.1, -0.05) is 42.5 Å². The van der Waals surface area contributed by atoms with Gasteiger partial charge in [-0.05, 0) is 49.4 Å². The molecule has 0 aliphatic carbocycles. The summed E-state index contributed by atoms with van der Waals surface area (Å²) < 4.78 is 5.44. The van der Waals surface area contributed by atoms with Crippen LogP contribution in [0.4, 0.5) is 0 Å². The standard InChI is InChI=1S/C26H36N6O4/c1-2-36-20-10-8-17(9-11-20)16-21(27)24(34)31-22(23(33)18-6-4-3-5-7-18)25(35)30-19-12-14-32(15-13-19)26(28)29/h3-11,19,21-23,33H,2,12-16,27H2,1H3,(H3,28,29)(H,30,35)(H,31,34)/t21-,22+,23-/m1/s1. The summed E-state index contributed by atoms with van der Waals surface area (Å²) >= 11 is 0. The van der Waals surface area contributed by atoms with E-state index in [1.54, 1.807) is 35.2 Å². The first kappa shape index (κ1) is 27.0. The lowest BCUT2D eigenvalue weighted by Gasteiger charge is -2.34. The van der Waals surface area contributed by atoms with Crippen molar-refractivity contribution in [3.05, 3.63) is 65.7 Å². The average molecular weight is 497 g/mol. The molecule has 10 nitrogen and oxygen atoms in total. The molecule has 2 aromatic rings. The maximum Gasteiger partial charge on any atom is 0.245 e. The lowest BCUT2D eigenvalue weighted by molar-refractivity contribution is -0.133. The number of aliphatic hydroxyl groups excluding tert-OH is 1. The number of likely N-dealkylation sites (tertiary alicyclic amines) is 1. The average Bonchev–Trinajstić information content (AvgIpc) is 2.88. The Balaban J connectivity index is 1.67. The molecule has 1 heterocycles. The molecule has 0 saturated carbocycles. The summed E-state index contributed by atoms with van der Waals surface area (Å²) in [7, 11) is 0. The fraction of sp³-hybridized carbons (Fsp3) is 0.423. The minimum atomic E-state index is -1.26. The smallest absolute Gasteiger partial charge is 0.245 e. The van der Waals surface area contributed by atoms with E-state index in [0.29, 0.717) is 38.1 Å². The van der Waals surface area contributed by atoms with Crippen molar-refractivity contribution in [2.24, 2.45) is 11.5 Å². The topological polar surface area (TPSA) is 167 Å². The van der Waals surface area contributed by atoms with Gasteiger partial charge < -0.3 is 36.8 Å². The number of piperidine rings is 1. The van der Waals surface area contributed by atoms with Gasteiger partial charge in [-0.15, -0.1) is 0 Å². The zero-order valence-electron chi connectivity index (χ0n) is 20.5. The van der Waals surface area contributed by atoms with Crippen molar-refractivity contribution in [1.29, 1.82) is 5.41 Å². The fourth-order valence-electron chi connectivity index (χ4n) is 4.18. The van der Waals surface area contributed by atoms with E-state index < -0.39 is 30.0 Å². The van der Waals surface area contributed by atoms with Crippen LogP contribution >= 0.6 is 0 Å². The van der Waals surface area contributed by atoms with Crippen LogP contribution in [0.3, 0.4) is 0 Å². The Kier molecular flexibility index (Phi) is 9.66. The number of carbonyl (C=O) groups is 2. The molecule has 2 aromatic carbocycles. The quantitative estimate of drug-likeness (QED) is 0.207. The molecule has 1 aliphatic heterocycles. The van der Waals surface area contributed by atoms with E-state index in [1.165, 1.54) is 0 Å². The SMILES string of the molecule is CCOc1ccc(C[C@@H](N)C(=O)N[C@H](C(=O)NC2CCN(C(=N)N)CC2)[C@H](O)c2ccccc2)cc1. The van der Waals surface area contributed by atoms with Crippen molar-refractivity contribution in [3.8, 4) is 5.75 Å². The van der Waals surface area contributed by atoms with E-state index in [0.717, 1.165) is 11.3 Å². The molecule has 2 amide bonds. The highest BCUT2D eigenvalue weighted by atomic mass is 16.5. The number of amides is 2. The monoisotopic (exact) mass is 496 g/mol. The van der Waals surface area contributed by atoms with E-state index in [-0.39, 0.29) is 18.4 Å². The summed E-state index contributed by atoms with van der Waals surface area (Å²) in [4.78, 5) is 28.0. The molecule has 3 atom stereocenters. The molecule has 8 N–H and O–H groups in total. The number of benzene rings is 2. The number of nitrogens with zero attached hydrogens (tertiary/aromatic N) is 1. The number of ether oxygens (including phenoxy) is 1. The molecule has 194 valence electrons. The third-order valence-electron chi connectivity index (χ3n) is 6.25. The molecule has 0 radical (unpaired) electrons. The first-order valence-corrected chi connectivity index (χ1v) is 12.2. The molecule has 1 fully saturated rings. The maximum atomic E-state index is 13.2. The van der Waals surface area contributed by atoms with Gasteiger partial charge >= 0.3 is 0 Å². The second kappa shape index (κ2) is 12.9. The molecular formula is C26H36N6O4. The summed E-state index contributed by atoms with van der Waals surface area (Å²) in [5.74, 6) is -0.290. The molecule has 0 unspecified atom stereocenters. The molecule has 1 aliphatic rings. The van der Waals surface area contributed by atoms with E-state index in [4.69, 9.17) is 21.6 Å². The van der Waals surface area contributed by atoms with Crippen LogP contribution in [-0.2, 0) is 16.0 Å². The molecule has 0 aromatic heterocycles. The van der Waals surface area contributed by atoms with E-state index in [1.807, 2.05) is 31.2 Å². The van der Waals surface area contributed by atoms with Crippen LogP contribution in [0.1, 0.15) is 37.0 Å². The number of hydrogen-bond acceptors (Lipinski definition) is 6. The molecule has 3 rings (SSSR count). The number of guanidine groups is 1. The Labute approximate surface area is 211 Å². The number of nitrogens with two attached hydrogens (primary N) is 2. The second-order valence-corrected chi connectivity index (χ2v) is 8.88. The fourth-order valence-corrected chi connectivity index (χ4v) is 4.18. The number of aliphatic hydroxyl groups is 1. The molecule has 0 spiro atoms. The van der Waals surface area contributed by atoms with Crippen molar-refractivity contribution in [2.75, 3.05) is 19.7 Å². The van der Waals surface area contributed by atoms with E-state index >= 15 is 0 Å². The van der Waals surface area contributed by atoms with Gasteiger partial charge in [-0.25, -0.2) is 0 Å². The number of carbonyl (C=O) groups excluding carboxylic acids is 2. The Morgan fingerprint density at radius 2 is 1.75 bits per heavy atom. The van der Waals surface area contributed by atoms with Crippen LogP contribution in [0.5, 0.6) is 5.75 Å². The first-order chi connectivity index (χ1) is 17.3. The molecule has 1 saturated heterocycles. The Hall–Kier alpha value is -3.63. The van der Waals surface area contributed by atoms with Crippen molar-refractivity contribution < 1.29 is 19.4 Å². The summed E-state index contributed by atoms with van der Waals surface area (Å²) in [5.41, 5.74) is 13.1. The van der Waals surface area contributed by atoms with Gasteiger partial charge in [-0.2, -0.15) is 0 Å². The molecule has 10 heteroatoms. The second-order valence-electron chi connectivity index (χ2n) is 8.88. The molecule has 0 bridgehead atoms. The third kappa shape index (κ3) is 7.43. The van der Waals surface area contributed by atoms with Crippen LogP contribution in [-0.4, -0.2) is 65.6 Å². The highest BCUT2D eigenvalue weighted by molar-refractivity contribution is 5.90. The maximum absolute atomic E-state index is 13.2. The van der Waals surface area contributed by atoms with Crippen LogP contribution in [0.15, 0.2) is 54.6 Å². The van der Waals surface area contributed by atoms with Gasteiger partial charge in [-0.3, -0.25) is 15.0 Å². The molecular weight excluding hydrogens is 460 g/mol. The largest absolute Gasteiger partial charge is 0.494 e. The summed E-state index contributed by atoms with van der Waals surface area (Å²) in [6, 6.07) is 13.7. The van der Waals surface area contributed by atoms with Gasteiger partial charge in [0.05, 0.1) is 12.6 Å². The van der Waals surface area contributed by atoms with Gasteiger partial charge in [0.1, 0.15) is 17.9 Å². The highest BCUT2D eigenvalue weighted by Gasteiger charge is 2.33. The van der Waals surface area contributed by atoms with E-state index in [2.05, 4.69) is 10.6 Å². The summed E-state index contributed by atoms with van der Waals surface area (Å²) in [6.07, 6.45) is 0.206. The first-order valence-electron chi connectivity index (χ1n) is 12.2.